The van der Waals surface area contributed by atoms with E-state index in [1.165, 1.54) is 18.4 Å². The summed E-state index contributed by atoms with van der Waals surface area (Å²) >= 11 is 1.09. The zero-order valence-electron chi connectivity index (χ0n) is 18.2. The van der Waals surface area contributed by atoms with Crippen molar-refractivity contribution < 1.29 is 18.0 Å². The first kappa shape index (κ1) is 22.4. The van der Waals surface area contributed by atoms with Crippen molar-refractivity contribution in [2.45, 2.75) is 32.5 Å². The summed E-state index contributed by atoms with van der Waals surface area (Å²) in [7, 11) is 0. The molecule has 0 atom stereocenters. The van der Waals surface area contributed by atoms with Gasteiger partial charge in [0.25, 0.3) is 11.1 Å². The first-order valence-corrected chi connectivity index (χ1v) is 11.0. The van der Waals surface area contributed by atoms with Crippen molar-refractivity contribution in [1.29, 1.82) is 5.26 Å². The summed E-state index contributed by atoms with van der Waals surface area (Å²) in [5.41, 5.74) is 3.55. The molecule has 0 saturated carbocycles. The van der Waals surface area contributed by atoms with Crippen LogP contribution in [0.3, 0.4) is 0 Å². The highest BCUT2D eigenvalue weighted by Gasteiger charge is 2.21. The molecule has 4 rings (SSSR count). The van der Waals surface area contributed by atoms with E-state index in [1.807, 2.05) is 18.4 Å². The fourth-order valence-corrected chi connectivity index (χ4v) is 3.94. The van der Waals surface area contributed by atoms with Gasteiger partial charge >= 0.3 is 0 Å². The van der Waals surface area contributed by atoms with Gasteiger partial charge in [-0.05, 0) is 50.1 Å². The number of furan rings is 1. The number of carbonyl (C=O) groups excluding carboxylic acids is 1. The molecule has 8 nitrogen and oxygen atoms in total. The van der Waals surface area contributed by atoms with Crippen LogP contribution in [-0.4, -0.2) is 26.4 Å². The Bertz CT molecular complexity index is 1350. The molecule has 1 aromatic carbocycles. The van der Waals surface area contributed by atoms with Crippen LogP contribution in [0.15, 0.2) is 50.7 Å². The molecule has 0 fully saturated rings. The number of hydrogen-bond acceptors (Lipinski definition) is 7. The van der Waals surface area contributed by atoms with E-state index in [9.17, 15) is 14.4 Å². The monoisotopic (exact) mass is 465 g/mol. The molecule has 10 heteroatoms. The third-order valence-electron chi connectivity index (χ3n) is 5.28. The van der Waals surface area contributed by atoms with Crippen molar-refractivity contribution >= 4 is 23.5 Å². The number of amides is 1. The van der Waals surface area contributed by atoms with Gasteiger partial charge in [0.2, 0.25) is 5.91 Å². The second-order valence-corrected chi connectivity index (χ2v) is 8.29. The van der Waals surface area contributed by atoms with Gasteiger partial charge in [-0.2, -0.15) is 5.26 Å². The van der Waals surface area contributed by atoms with Crippen LogP contribution in [0.2, 0.25) is 0 Å². The number of aryl methyl sites for hydroxylation is 1. The van der Waals surface area contributed by atoms with Crippen molar-refractivity contribution in [2.24, 2.45) is 0 Å². The Morgan fingerprint density at radius 3 is 2.64 bits per heavy atom. The highest BCUT2D eigenvalue weighted by molar-refractivity contribution is 7.99. The van der Waals surface area contributed by atoms with E-state index in [1.54, 1.807) is 25.1 Å². The number of carbonyl (C=O) groups is 1. The molecule has 0 bridgehead atoms. The van der Waals surface area contributed by atoms with Gasteiger partial charge < -0.3 is 18.7 Å². The number of thioether (sulfide) groups is 1. The fourth-order valence-electron chi connectivity index (χ4n) is 3.38. The number of halogens is 1. The first-order chi connectivity index (χ1) is 15.9. The molecule has 168 valence electrons. The largest absolute Gasteiger partial charge is 0.469 e. The predicted molar refractivity (Wildman–Crippen MR) is 120 cm³/mol. The van der Waals surface area contributed by atoms with E-state index in [2.05, 4.69) is 21.6 Å². The summed E-state index contributed by atoms with van der Waals surface area (Å²) in [6.45, 7) is 5.88. The first-order valence-electron chi connectivity index (χ1n) is 10.0. The summed E-state index contributed by atoms with van der Waals surface area (Å²) in [6, 6.07) is 10.0. The Morgan fingerprint density at radius 2 is 1.97 bits per heavy atom. The minimum atomic E-state index is -0.325. The second kappa shape index (κ2) is 9.34. The number of nitrogens with zero attached hydrogens (tertiary/aromatic N) is 4. The van der Waals surface area contributed by atoms with E-state index in [0.717, 1.165) is 28.6 Å². The topological polar surface area (TPSA) is 110 Å². The third kappa shape index (κ3) is 4.68. The van der Waals surface area contributed by atoms with Crippen LogP contribution >= 0.6 is 11.8 Å². The smallest absolute Gasteiger partial charge is 0.277 e. The number of benzene rings is 1. The molecule has 0 aliphatic carbocycles. The van der Waals surface area contributed by atoms with Crippen molar-refractivity contribution in [3.8, 4) is 17.5 Å². The van der Waals surface area contributed by atoms with Crippen LogP contribution in [0.5, 0.6) is 0 Å². The average Bonchev–Trinajstić information content (AvgIpc) is 3.49. The van der Waals surface area contributed by atoms with Gasteiger partial charge in [-0.1, -0.05) is 23.9 Å². The molecule has 3 heterocycles. The Morgan fingerprint density at radius 1 is 1.21 bits per heavy atom. The molecule has 0 saturated heterocycles. The molecular formula is C23H20FN5O3S. The van der Waals surface area contributed by atoms with Crippen molar-refractivity contribution in [3.05, 3.63) is 70.6 Å². The molecule has 0 radical (unpaired) electrons. The minimum absolute atomic E-state index is 0.0106. The number of rotatable bonds is 7. The normalized spacial score (nSPS) is 10.9. The highest BCUT2D eigenvalue weighted by atomic mass is 32.2. The fraction of sp³-hybridized carbons (Fsp3) is 0.217. The van der Waals surface area contributed by atoms with Crippen LogP contribution < -0.4 is 5.32 Å². The van der Waals surface area contributed by atoms with Gasteiger partial charge in [0.05, 0.1) is 23.1 Å². The van der Waals surface area contributed by atoms with E-state index >= 15 is 0 Å². The zero-order valence-corrected chi connectivity index (χ0v) is 19.0. The lowest BCUT2D eigenvalue weighted by Crippen LogP contribution is -2.18. The lowest BCUT2D eigenvalue weighted by atomic mass is 10.2. The lowest BCUT2D eigenvalue weighted by Gasteiger charge is -2.13. The van der Waals surface area contributed by atoms with Gasteiger partial charge in [0.15, 0.2) is 0 Å². The molecule has 0 aliphatic heterocycles. The molecule has 33 heavy (non-hydrogen) atoms. The number of hydrogen-bond donors (Lipinski definition) is 1. The predicted octanol–water partition coefficient (Wildman–Crippen LogP) is 4.85. The van der Waals surface area contributed by atoms with Crippen LogP contribution in [0.1, 0.15) is 28.1 Å². The molecule has 1 amide bonds. The maximum absolute atomic E-state index is 13.3. The van der Waals surface area contributed by atoms with Gasteiger partial charge in [0, 0.05) is 12.2 Å². The number of aromatic nitrogens is 3. The number of anilines is 1. The SMILES string of the molecule is Cc1occc1-c1nnc(SCC(=O)Nc2c(C#N)c(C)c(C)n2Cc2ccc(F)cc2)o1. The number of nitriles is 1. The Labute approximate surface area is 193 Å². The summed E-state index contributed by atoms with van der Waals surface area (Å²) in [6.07, 6.45) is 1.53. The van der Waals surface area contributed by atoms with Crippen LogP contribution in [0, 0.1) is 37.9 Å². The molecule has 0 spiro atoms. The molecule has 4 aromatic rings. The third-order valence-corrected chi connectivity index (χ3v) is 6.09. The number of nitrogens with one attached hydrogen (secondary N) is 1. The van der Waals surface area contributed by atoms with Crippen LogP contribution in [0.4, 0.5) is 10.2 Å². The van der Waals surface area contributed by atoms with Crippen LogP contribution in [0.25, 0.3) is 11.5 Å². The molecule has 3 aromatic heterocycles. The maximum Gasteiger partial charge on any atom is 0.277 e. The summed E-state index contributed by atoms with van der Waals surface area (Å²) in [4.78, 5) is 12.7. The zero-order chi connectivity index (χ0) is 23.5. The Balaban J connectivity index is 1.49. The van der Waals surface area contributed by atoms with E-state index in [4.69, 9.17) is 8.83 Å². The highest BCUT2D eigenvalue weighted by Crippen LogP contribution is 2.29. The maximum atomic E-state index is 13.3. The van der Waals surface area contributed by atoms with E-state index in [0.29, 0.717) is 35.1 Å². The van der Waals surface area contributed by atoms with E-state index in [-0.39, 0.29) is 22.7 Å². The average molecular weight is 466 g/mol. The lowest BCUT2D eigenvalue weighted by molar-refractivity contribution is -0.113. The second-order valence-electron chi connectivity index (χ2n) is 7.36. The molecular weight excluding hydrogens is 445 g/mol. The minimum Gasteiger partial charge on any atom is -0.469 e. The summed E-state index contributed by atoms with van der Waals surface area (Å²) < 4.78 is 26.0. The standard InChI is InChI=1S/C23H20FN5O3S/c1-13-14(2)29(11-16-4-6-17(24)7-5-16)21(19(13)10-25)26-20(30)12-33-23-28-27-22(32-23)18-8-9-31-15(18)3/h4-9H,11-12H2,1-3H3,(H,26,30). The van der Waals surface area contributed by atoms with Crippen molar-refractivity contribution in [3.63, 3.8) is 0 Å². The summed E-state index contributed by atoms with van der Waals surface area (Å²) in [5.74, 6) is 0.738. The molecule has 0 unspecified atom stereocenters. The van der Waals surface area contributed by atoms with Crippen LogP contribution in [-0.2, 0) is 11.3 Å². The van der Waals surface area contributed by atoms with Gasteiger partial charge in [-0.15, -0.1) is 10.2 Å². The van der Waals surface area contributed by atoms with Crippen molar-refractivity contribution in [2.75, 3.05) is 11.1 Å². The molecule has 0 aliphatic rings. The van der Waals surface area contributed by atoms with E-state index < -0.39 is 0 Å². The summed E-state index contributed by atoms with van der Waals surface area (Å²) in [5, 5.41) is 20.7. The van der Waals surface area contributed by atoms with Gasteiger partial charge in [-0.3, -0.25) is 4.79 Å². The Hall–Kier alpha value is -3.84. The van der Waals surface area contributed by atoms with Crippen molar-refractivity contribution in [1.82, 2.24) is 14.8 Å². The van der Waals surface area contributed by atoms with Gasteiger partial charge in [0.1, 0.15) is 23.5 Å². The molecule has 1 N–H and O–H groups in total. The Kier molecular flexibility index (Phi) is 6.33. The quantitative estimate of drug-likeness (QED) is 0.389. The van der Waals surface area contributed by atoms with Gasteiger partial charge in [-0.25, -0.2) is 4.39 Å².